The van der Waals surface area contributed by atoms with Crippen LogP contribution in [0, 0.1) is 5.82 Å². The predicted molar refractivity (Wildman–Crippen MR) is 73.2 cm³/mol. The molecule has 1 aliphatic rings. The lowest BCUT2D eigenvalue weighted by atomic mass is 10.1. The Bertz CT molecular complexity index is 391. The maximum atomic E-state index is 13.5. The minimum Gasteiger partial charge on any atom is -0.311 e. The van der Waals surface area contributed by atoms with E-state index in [2.05, 4.69) is 12.2 Å². The number of nitrogens with one attached hydrogen (secondary N) is 1. The van der Waals surface area contributed by atoms with E-state index in [4.69, 9.17) is 11.6 Å². The second-order valence-corrected chi connectivity index (χ2v) is 6.86. The molecule has 1 aliphatic heterocycles. The van der Waals surface area contributed by atoms with Crippen molar-refractivity contribution < 1.29 is 4.39 Å². The van der Waals surface area contributed by atoms with E-state index in [-0.39, 0.29) is 5.82 Å². The third-order valence-electron chi connectivity index (χ3n) is 3.13. The summed E-state index contributed by atoms with van der Waals surface area (Å²) in [6, 6.07) is 4.84. The molecular formula is C13H17ClFNS. The summed E-state index contributed by atoms with van der Waals surface area (Å²) >= 11 is 7.72. The zero-order chi connectivity index (χ0) is 12.3. The Morgan fingerprint density at radius 3 is 3.00 bits per heavy atom. The highest BCUT2D eigenvalue weighted by atomic mass is 35.5. The van der Waals surface area contributed by atoms with E-state index >= 15 is 0 Å². The average Bonchev–Trinajstić information content (AvgIpc) is 2.69. The largest absolute Gasteiger partial charge is 0.311 e. The summed E-state index contributed by atoms with van der Waals surface area (Å²) in [5.41, 5.74) is 0.681. The maximum absolute atomic E-state index is 13.5. The van der Waals surface area contributed by atoms with Crippen molar-refractivity contribution in [2.24, 2.45) is 0 Å². The van der Waals surface area contributed by atoms with Crippen LogP contribution in [-0.4, -0.2) is 17.0 Å². The van der Waals surface area contributed by atoms with Crippen molar-refractivity contribution in [3.63, 3.8) is 0 Å². The van der Waals surface area contributed by atoms with Crippen molar-refractivity contribution in [3.8, 4) is 0 Å². The molecule has 4 heteroatoms. The number of benzene rings is 1. The fraction of sp³-hybridized carbons (Fsp3) is 0.538. The van der Waals surface area contributed by atoms with Crippen LogP contribution in [0.5, 0.6) is 0 Å². The van der Waals surface area contributed by atoms with Crippen molar-refractivity contribution in [3.05, 3.63) is 34.6 Å². The predicted octanol–water partition coefficient (Wildman–Crippen LogP) is 3.85. The van der Waals surface area contributed by atoms with Crippen LogP contribution in [0.3, 0.4) is 0 Å². The molecule has 0 saturated carbocycles. The third-order valence-corrected chi connectivity index (χ3v) is 4.90. The lowest BCUT2D eigenvalue weighted by Crippen LogP contribution is -2.32. The number of halogens is 2. The molecule has 0 amide bonds. The van der Waals surface area contributed by atoms with Gasteiger partial charge in [0.1, 0.15) is 5.82 Å². The van der Waals surface area contributed by atoms with Crippen molar-refractivity contribution >= 4 is 23.4 Å². The summed E-state index contributed by atoms with van der Waals surface area (Å²) in [4.78, 5) is 0. The molecule has 1 saturated heterocycles. The fourth-order valence-corrected chi connectivity index (χ4v) is 3.54. The van der Waals surface area contributed by atoms with E-state index < -0.39 is 0 Å². The van der Waals surface area contributed by atoms with Crippen molar-refractivity contribution in [2.45, 2.75) is 31.1 Å². The van der Waals surface area contributed by atoms with Crippen LogP contribution >= 0.6 is 23.4 Å². The second-order valence-electron chi connectivity index (χ2n) is 4.74. The Hall–Kier alpha value is -0.250. The molecule has 0 radical (unpaired) electrons. The molecule has 1 N–H and O–H groups in total. The quantitative estimate of drug-likeness (QED) is 0.894. The first kappa shape index (κ1) is 13.2. The average molecular weight is 274 g/mol. The van der Waals surface area contributed by atoms with E-state index in [9.17, 15) is 4.39 Å². The number of thioether (sulfide) groups is 1. The molecular weight excluding hydrogens is 257 g/mol. The van der Waals surface area contributed by atoms with Crippen LogP contribution in [0.1, 0.15) is 25.3 Å². The van der Waals surface area contributed by atoms with Crippen molar-refractivity contribution in [1.82, 2.24) is 5.32 Å². The number of hydrogen-bond donors (Lipinski definition) is 1. The molecule has 0 aliphatic carbocycles. The highest BCUT2D eigenvalue weighted by Gasteiger charge is 2.28. The minimum absolute atomic E-state index is 0.228. The van der Waals surface area contributed by atoms with Crippen LogP contribution in [-0.2, 0) is 6.54 Å². The summed E-state index contributed by atoms with van der Waals surface area (Å²) in [5.74, 6) is 1.02. The van der Waals surface area contributed by atoms with Crippen molar-refractivity contribution in [2.75, 3.05) is 12.3 Å². The van der Waals surface area contributed by atoms with E-state index in [1.165, 1.54) is 24.7 Å². The molecule has 1 unspecified atom stereocenters. The first-order valence-corrected chi connectivity index (χ1v) is 7.24. The summed E-state index contributed by atoms with van der Waals surface area (Å²) in [5, 5.41) is 3.79. The molecule has 1 atom stereocenters. The lowest BCUT2D eigenvalue weighted by molar-refractivity contribution is 0.525. The van der Waals surface area contributed by atoms with E-state index in [0.717, 1.165) is 6.54 Å². The summed E-state index contributed by atoms with van der Waals surface area (Å²) in [7, 11) is 0. The van der Waals surface area contributed by atoms with Gasteiger partial charge in [-0.05, 0) is 37.7 Å². The first-order chi connectivity index (χ1) is 8.09. The van der Waals surface area contributed by atoms with Gasteiger partial charge in [0.25, 0.3) is 0 Å². The summed E-state index contributed by atoms with van der Waals surface area (Å²) < 4.78 is 13.8. The molecule has 94 valence electrons. The van der Waals surface area contributed by atoms with Crippen molar-refractivity contribution in [1.29, 1.82) is 0 Å². The van der Waals surface area contributed by atoms with Gasteiger partial charge in [0, 0.05) is 28.4 Å². The van der Waals surface area contributed by atoms with Gasteiger partial charge in [0.05, 0.1) is 0 Å². The minimum atomic E-state index is -0.228. The van der Waals surface area contributed by atoms with E-state index in [1.54, 1.807) is 12.1 Å². The lowest BCUT2D eigenvalue weighted by Gasteiger charge is -2.23. The molecule has 2 rings (SSSR count). The van der Waals surface area contributed by atoms with Gasteiger partial charge in [-0.3, -0.25) is 0 Å². The van der Waals surface area contributed by atoms with E-state index in [1.807, 2.05) is 11.8 Å². The molecule has 0 aromatic heterocycles. The summed E-state index contributed by atoms with van der Waals surface area (Å²) in [6.45, 7) is 3.77. The second kappa shape index (κ2) is 5.59. The van der Waals surface area contributed by atoms with Crippen LogP contribution in [0.15, 0.2) is 18.2 Å². The Morgan fingerprint density at radius 1 is 1.53 bits per heavy atom. The highest BCUT2D eigenvalue weighted by molar-refractivity contribution is 8.00. The highest BCUT2D eigenvalue weighted by Crippen LogP contribution is 2.37. The zero-order valence-electron chi connectivity index (χ0n) is 9.93. The van der Waals surface area contributed by atoms with Gasteiger partial charge in [-0.2, -0.15) is 11.8 Å². The Kier molecular flexibility index (Phi) is 4.34. The SMILES string of the molecule is CC1(CNCc2ccc(Cl)cc2F)CCCS1. The van der Waals surface area contributed by atoms with Crippen LogP contribution < -0.4 is 5.32 Å². The van der Waals surface area contributed by atoms with Gasteiger partial charge in [-0.15, -0.1) is 0 Å². The Morgan fingerprint density at radius 2 is 2.35 bits per heavy atom. The first-order valence-electron chi connectivity index (χ1n) is 5.88. The van der Waals surface area contributed by atoms with E-state index in [0.29, 0.717) is 21.9 Å². The smallest absolute Gasteiger partial charge is 0.129 e. The van der Waals surface area contributed by atoms with Crippen LogP contribution in [0.2, 0.25) is 5.02 Å². The maximum Gasteiger partial charge on any atom is 0.129 e. The Balaban J connectivity index is 1.85. The monoisotopic (exact) mass is 273 g/mol. The van der Waals surface area contributed by atoms with Gasteiger partial charge in [-0.1, -0.05) is 17.7 Å². The molecule has 17 heavy (non-hydrogen) atoms. The fourth-order valence-electron chi connectivity index (χ4n) is 2.10. The van der Waals surface area contributed by atoms with Gasteiger partial charge in [0.15, 0.2) is 0 Å². The third kappa shape index (κ3) is 3.60. The summed E-state index contributed by atoms with van der Waals surface area (Å²) in [6.07, 6.45) is 2.53. The molecule has 1 fully saturated rings. The number of rotatable bonds is 4. The number of hydrogen-bond acceptors (Lipinski definition) is 2. The molecule has 0 bridgehead atoms. The molecule has 1 heterocycles. The zero-order valence-corrected chi connectivity index (χ0v) is 11.5. The van der Waals surface area contributed by atoms with Gasteiger partial charge in [-0.25, -0.2) is 4.39 Å². The molecule has 0 spiro atoms. The normalized spacial score (nSPS) is 24.2. The Labute approximate surface area is 111 Å². The molecule has 1 aromatic carbocycles. The van der Waals surface area contributed by atoms with Gasteiger partial charge < -0.3 is 5.32 Å². The van der Waals surface area contributed by atoms with Gasteiger partial charge >= 0.3 is 0 Å². The topological polar surface area (TPSA) is 12.0 Å². The van der Waals surface area contributed by atoms with Crippen LogP contribution in [0.25, 0.3) is 0 Å². The molecule has 1 nitrogen and oxygen atoms in total. The molecule has 1 aromatic rings. The van der Waals surface area contributed by atoms with Gasteiger partial charge in [0.2, 0.25) is 0 Å². The standard InChI is InChI=1S/C13H17ClFNS/c1-13(5-2-6-17-13)9-16-8-10-3-4-11(14)7-12(10)15/h3-4,7,16H,2,5-6,8-9H2,1H3. The van der Waals surface area contributed by atoms with Crippen LogP contribution in [0.4, 0.5) is 4.39 Å².